The van der Waals surface area contributed by atoms with E-state index in [-0.39, 0.29) is 0 Å². The molecule has 0 fully saturated rings. The molecule has 8 nitrogen and oxygen atoms in total. The Morgan fingerprint density at radius 1 is 1.20 bits per heavy atom. The standard InChI is InChI=1S/C20H16Cl2N8/c1-11-26-13(9-24)7-18(27-11)29(2)20-14-10-30(28-17(14)3-4-25-20)19-15(21)5-12(8-23)6-16(19)22/h3-7,10H,9,24H2,1-2H3. The van der Waals surface area contributed by atoms with Crippen LogP contribution in [-0.2, 0) is 6.54 Å². The van der Waals surface area contributed by atoms with E-state index in [0.29, 0.717) is 50.8 Å². The van der Waals surface area contributed by atoms with Gasteiger partial charge in [0.25, 0.3) is 0 Å². The molecule has 0 saturated heterocycles. The van der Waals surface area contributed by atoms with Crippen LogP contribution in [0.3, 0.4) is 0 Å². The Bertz CT molecular complexity index is 1290. The first-order valence-corrected chi connectivity index (χ1v) is 9.69. The van der Waals surface area contributed by atoms with Crippen molar-refractivity contribution in [1.29, 1.82) is 5.26 Å². The average Bonchev–Trinajstić information content (AvgIpc) is 3.15. The molecule has 0 aliphatic heterocycles. The molecular weight excluding hydrogens is 423 g/mol. The summed E-state index contributed by atoms with van der Waals surface area (Å²) in [6.07, 6.45) is 3.47. The predicted octanol–water partition coefficient (Wildman–Crippen LogP) is 3.92. The van der Waals surface area contributed by atoms with Crippen LogP contribution in [0, 0.1) is 18.3 Å². The van der Waals surface area contributed by atoms with Crippen LogP contribution >= 0.6 is 23.2 Å². The van der Waals surface area contributed by atoms with E-state index in [4.69, 9.17) is 34.2 Å². The fourth-order valence-electron chi connectivity index (χ4n) is 3.16. The highest BCUT2D eigenvalue weighted by Crippen LogP contribution is 2.33. The number of aromatic nitrogens is 5. The van der Waals surface area contributed by atoms with Crippen molar-refractivity contribution in [2.24, 2.45) is 5.73 Å². The largest absolute Gasteiger partial charge is 0.325 e. The lowest BCUT2D eigenvalue weighted by Crippen LogP contribution is -2.15. The summed E-state index contributed by atoms with van der Waals surface area (Å²) in [4.78, 5) is 15.2. The molecule has 1 aromatic carbocycles. The van der Waals surface area contributed by atoms with Crippen LogP contribution in [0.5, 0.6) is 0 Å². The average molecular weight is 439 g/mol. The molecule has 0 bridgehead atoms. The molecule has 0 unspecified atom stereocenters. The molecule has 0 aliphatic carbocycles. The Morgan fingerprint density at radius 2 is 1.93 bits per heavy atom. The molecule has 3 aromatic heterocycles. The van der Waals surface area contributed by atoms with Gasteiger partial charge in [0.05, 0.1) is 38.3 Å². The van der Waals surface area contributed by atoms with Gasteiger partial charge in [-0.25, -0.2) is 19.6 Å². The minimum atomic E-state index is 0.315. The van der Waals surface area contributed by atoms with Gasteiger partial charge < -0.3 is 10.6 Å². The molecule has 0 saturated carbocycles. The molecule has 4 aromatic rings. The topological polar surface area (TPSA) is 110 Å². The molecule has 0 aliphatic rings. The van der Waals surface area contributed by atoms with Crippen molar-refractivity contribution in [3.63, 3.8) is 0 Å². The number of anilines is 2. The molecule has 3 heterocycles. The lowest BCUT2D eigenvalue weighted by molar-refractivity contribution is 0.896. The number of fused-ring (bicyclic) bond motifs is 1. The van der Waals surface area contributed by atoms with Crippen molar-refractivity contribution in [3.05, 3.63) is 63.8 Å². The van der Waals surface area contributed by atoms with Crippen molar-refractivity contribution in [1.82, 2.24) is 24.7 Å². The summed E-state index contributed by atoms with van der Waals surface area (Å²) in [6, 6.07) is 8.76. The van der Waals surface area contributed by atoms with Gasteiger partial charge in [0, 0.05) is 32.1 Å². The number of nitriles is 1. The zero-order valence-electron chi connectivity index (χ0n) is 16.1. The Morgan fingerprint density at radius 3 is 2.60 bits per heavy atom. The van der Waals surface area contributed by atoms with Gasteiger partial charge in [-0.2, -0.15) is 10.4 Å². The van der Waals surface area contributed by atoms with E-state index in [1.165, 1.54) is 0 Å². The number of pyridine rings is 1. The fraction of sp³-hybridized carbons (Fsp3) is 0.150. The van der Waals surface area contributed by atoms with Crippen LogP contribution in [-0.4, -0.2) is 31.8 Å². The van der Waals surface area contributed by atoms with Gasteiger partial charge in [-0.05, 0) is 25.1 Å². The molecule has 30 heavy (non-hydrogen) atoms. The summed E-state index contributed by atoms with van der Waals surface area (Å²) in [5.74, 6) is 1.95. The number of nitrogens with two attached hydrogens (primary N) is 1. The Balaban J connectivity index is 1.85. The number of hydrogen-bond donors (Lipinski definition) is 1. The molecule has 150 valence electrons. The van der Waals surface area contributed by atoms with E-state index in [9.17, 15) is 0 Å². The predicted molar refractivity (Wildman–Crippen MR) is 116 cm³/mol. The summed E-state index contributed by atoms with van der Waals surface area (Å²) in [5.41, 5.74) is 8.06. The van der Waals surface area contributed by atoms with Gasteiger partial charge in [-0.1, -0.05) is 23.2 Å². The number of nitrogens with zero attached hydrogens (tertiary/aromatic N) is 7. The van der Waals surface area contributed by atoms with Gasteiger partial charge in [-0.3, -0.25) is 0 Å². The first kappa shape index (κ1) is 20.0. The van der Waals surface area contributed by atoms with Gasteiger partial charge in [0.1, 0.15) is 23.1 Å². The van der Waals surface area contributed by atoms with Crippen LogP contribution in [0.1, 0.15) is 17.1 Å². The van der Waals surface area contributed by atoms with Gasteiger partial charge in [0.15, 0.2) is 0 Å². The van der Waals surface area contributed by atoms with E-state index in [1.807, 2.05) is 31.0 Å². The second kappa shape index (κ2) is 7.88. The van der Waals surface area contributed by atoms with Gasteiger partial charge >= 0.3 is 0 Å². The Labute approximate surface area is 182 Å². The zero-order valence-corrected chi connectivity index (χ0v) is 17.6. The number of benzene rings is 1. The molecule has 0 spiro atoms. The number of halogens is 2. The van der Waals surface area contributed by atoms with Crippen molar-refractivity contribution in [3.8, 4) is 11.8 Å². The fourth-order valence-corrected chi connectivity index (χ4v) is 3.82. The van der Waals surface area contributed by atoms with Crippen molar-refractivity contribution < 1.29 is 0 Å². The summed E-state index contributed by atoms with van der Waals surface area (Å²) in [6.45, 7) is 2.13. The Hall–Kier alpha value is -3.25. The van der Waals surface area contributed by atoms with E-state index in [0.717, 1.165) is 11.1 Å². The van der Waals surface area contributed by atoms with Crippen molar-refractivity contribution >= 4 is 45.7 Å². The molecule has 0 amide bonds. The maximum atomic E-state index is 9.10. The van der Waals surface area contributed by atoms with Crippen LogP contribution < -0.4 is 10.6 Å². The minimum absolute atomic E-state index is 0.315. The first-order valence-electron chi connectivity index (χ1n) is 8.93. The summed E-state index contributed by atoms with van der Waals surface area (Å²) in [7, 11) is 1.86. The van der Waals surface area contributed by atoms with E-state index >= 15 is 0 Å². The second-order valence-corrected chi connectivity index (χ2v) is 7.38. The minimum Gasteiger partial charge on any atom is -0.325 e. The van der Waals surface area contributed by atoms with Crippen molar-refractivity contribution in [2.75, 3.05) is 11.9 Å². The van der Waals surface area contributed by atoms with Gasteiger partial charge in [-0.15, -0.1) is 0 Å². The van der Waals surface area contributed by atoms with E-state index < -0.39 is 0 Å². The third kappa shape index (κ3) is 3.55. The van der Waals surface area contributed by atoms with Crippen LogP contribution in [0.4, 0.5) is 11.6 Å². The SMILES string of the molecule is Cc1nc(CN)cc(N(C)c2nccc3nn(-c4c(Cl)cc(C#N)cc4Cl)cc23)n1. The highest BCUT2D eigenvalue weighted by molar-refractivity contribution is 6.38. The maximum absolute atomic E-state index is 9.10. The number of hydrogen-bond acceptors (Lipinski definition) is 7. The third-order valence-electron chi connectivity index (χ3n) is 4.54. The van der Waals surface area contributed by atoms with E-state index in [1.54, 1.807) is 35.3 Å². The maximum Gasteiger partial charge on any atom is 0.144 e. The lowest BCUT2D eigenvalue weighted by atomic mass is 10.2. The second-order valence-electron chi connectivity index (χ2n) is 6.57. The highest BCUT2D eigenvalue weighted by Gasteiger charge is 2.18. The monoisotopic (exact) mass is 438 g/mol. The lowest BCUT2D eigenvalue weighted by Gasteiger charge is -2.18. The smallest absolute Gasteiger partial charge is 0.144 e. The highest BCUT2D eigenvalue weighted by atomic mass is 35.5. The molecule has 0 radical (unpaired) electrons. The zero-order chi connectivity index (χ0) is 21.4. The third-order valence-corrected chi connectivity index (χ3v) is 5.11. The van der Waals surface area contributed by atoms with Crippen LogP contribution in [0.15, 0.2) is 36.7 Å². The molecule has 0 atom stereocenters. The number of rotatable bonds is 4. The molecule has 2 N–H and O–H groups in total. The van der Waals surface area contributed by atoms with Gasteiger partial charge in [0.2, 0.25) is 0 Å². The summed E-state index contributed by atoms with van der Waals surface area (Å²) >= 11 is 12.7. The summed E-state index contributed by atoms with van der Waals surface area (Å²) < 4.78 is 1.59. The van der Waals surface area contributed by atoms with Crippen molar-refractivity contribution in [2.45, 2.75) is 13.5 Å². The Kier molecular flexibility index (Phi) is 5.26. The number of aryl methyl sites for hydroxylation is 1. The summed E-state index contributed by atoms with van der Waals surface area (Å²) in [5, 5.41) is 15.1. The van der Waals surface area contributed by atoms with Crippen LogP contribution in [0.2, 0.25) is 10.0 Å². The molecule has 10 heteroatoms. The van der Waals surface area contributed by atoms with Crippen LogP contribution in [0.25, 0.3) is 16.6 Å². The normalized spacial score (nSPS) is 10.9. The first-order chi connectivity index (χ1) is 14.4. The molecular formula is C20H16Cl2N8. The quantitative estimate of drug-likeness (QED) is 0.513. The molecule has 4 rings (SSSR count). The van der Waals surface area contributed by atoms with E-state index in [2.05, 4.69) is 20.1 Å².